The molecule has 1 amide bonds. The molecular weight excluding hydrogens is 408 g/mol. The van der Waals surface area contributed by atoms with E-state index < -0.39 is 0 Å². The van der Waals surface area contributed by atoms with Crippen LogP contribution in [0.5, 0.6) is 0 Å². The second-order valence-electron chi connectivity index (χ2n) is 8.61. The van der Waals surface area contributed by atoms with Crippen molar-refractivity contribution in [3.63, 3.8) is 0 Å². The summed E-state index contributed by atoms with van der Waals surface area (Å²) >= 11 is 1.44. The van der Waals surface area contributed by atoms with Crippen molar-refractivity contribution < 1.29 is 4.79 Å². The standard InChI is InChI=1S/C23H32N6OS/c1-16(24)19-14-20(31-23(19)27-17-6-4-3-5-7-17)22(30)26-18-8-9-21(25-15-18)29-12-10-28(2)11-13-29/h8-9,14-15,17,24,27H,3-7,10-13H2,1-2H3,(H,26,30). The van der Waals surface area contributed by atoms with E-state index in [1.165, 1.54) is 30.6 Å². The number of hydrogen-bond acceptors (Lipinski definition) is 7. The summed E-state index contributed by atoms with van der Waals surface area (Å²) < 4.78 is 0. The Balaban J connectivity index is 1.42. The zero-order valence-corrected chi connectivity index (χ0v) is 19.2. The highest BCUT2D eigenvalue weighted by atomic mass is 32.1. The molecule has 0 bridgehead atoms. The van der Waals surface area contributed by atoms with E-state index in [-0.39, 0.29) is 5.91 Å². The lowest BCUT2D eigenvalue weighted by molar-refractivity contribution is 0.103. The highest BCUT2D eigenvalue weighted by Gasteiger charge is 2.20. The second-order valence-corrected chi connectivity index (χ2v) is 9.66. The molecule has 166 valence electrons. The van der Waals surface area contributed by atoms with Crippen molar-refractivity contribution in [1.82, 2.24) is 9.88 Å². The van der Waals surface area contributed by atoms with Gasteiger partial charge in [-0.2, -0.15) is 0 Å². The number of pyridine rings is 1. The number of carbonyl (C=O) groups excluding carboxylic acids is 1. The van der Waals surface area contributed by atoms with Gasteiger partial charge in [0.2, 0.25) is 0 Å². The van der Waals surface area contributed by atoms with Crippen LogP contribution in [0.15, 0.2) is 24.4 Å². The normalized spacial score (nSPS) is 18.1. The lowest BCUT2D eigenvalue weighted by Gasteiger charge is -2.33. The lowest BCUT2D eigenvalue weighted by Crippen LogP contribution is -2.44. The number of aromatic nitrogens is 1. The molecule has 0 unspecified atom stereocenters. The molecule has 1 aliphatic heterocycles. The molecule has 1 aliphatic carbocycles. The van der Waals surface area contributed by atoms with Crippen LogP contribution in [0.25, 0.3) is 0 Å². The van der Waals surface area contributed by atoms with Crippen molar-refractivity contribution in [3.05, 3.63) is 34.8 Å². The molecule has 4 rings (SSSR count). The van der Waals surface area contributed by atoms with Crippen molar-refractivity contribution in [2.24, 2.45) is 0 Å². The Bertz CT molecular complexity index is 911. The quantitative estimate of drug-likeness (QED) is 0.584. The predicted molar refractivity (Wildman–Crippen MR) is 129 cm³/mol. The summed E-state index contributed by atoms with van der Waals surface area (Å²) in [5.41, 5.74) is 1.99. The first-order chi connectivity index (χ1) is 15.0. The molecule has 0 atom stereocenters. The SMILES string of the molecule is CC(=N)c1cc(C(=O)Nc2ccc(N3CCN(C)CC3)nc2)sc1NC1CCCCC1. The zero-order valence-electron chi connectivity index (χ0n) is 18.4. The Morgan fingerprint density at radius 1 is 1.16 bits per heavy atom. The molecule has 8 heteroatoms. The van der Waals surface area contributed by atoms with Gasteiger partial charge in [0, 0.05) is 43.5 Å². The van der Waals surface area contributed by atoms with Gasteiger partial charge < -0.3 is 25.8 Å². The maximum absolute atomic E-state index is 12.9. The molecule has 3 heterocycles. The number of likely N-dealkylation sites (N-methyl/N-ethyl adjacent to an activating group) is 1. The van der Waals surface area contributed by atoms with Gasteiger partial charge in [0.05, 0.1) is 21.8 Å². The summed E-state index contributed by atoms with van der Waals surface area (Å²) in [7, 11) is 2.13. The number of amides is 1. The number of nitrogens with zero attached hydrogens (tertiary/aromatic N) is 3. The molecule has 1 saturated carbocycles. The molecule has 1 saturated heterocycles. The molecule has 7 nitrogen and oxygen atoms in total. The summed E-state index contributed by atoms with van der Waals surface area (Å²) in [6, 6.07) is 6.15. The number of piperazine rings is 1. The topological polar surface area (TPSA) is 84.4 Å². The number of thiophene rings is 1. The molecule has 2 aliphatic rings. The molecule has 3 N–H and O–H groups in total. The summed E-state index contributed by atoms with van der Waals surface area (Å²) in [6.45, 7) is 5.77. The third kappa shape index (κ3) is 5.43. The largest absolute Gasteiger partial charge is 0.374 e. The van der Waals surface area contributed by atoms with Crippen LogP contribution in [0, 0.1) is 5.41 Å². The fourth-order valence-electron chi connectivity index (χ4n) is 4.20. The van der Waals surface area contributed by atoms with E-state index in [9.17, 15) is 4.79 Å². The smallest absolute Gasteiger partial charge is 0.265 e. The van der Waals surface area contributed by atoms with Crippen LogP contribution < -0.4 is 15.5 Å². The van der Waals surface area contributed by atoms with Crippen molar-refractivity contribution in [1.29, 1.82) is 5.41 Å². The van der Waals surface area contributed by atoms with Crippen molar-refractivity contribution in [2.45, 2.75) is 45.1 Å². The Hall–Kier alpha value is -2.45. The van der Waals surface area contributed by atoms with E-state index in [1.807, 2.05) is 18.2 Å². The molecule has 0 spiro atoms. The number of rotatable bonds is 6. The third-order valence-electron chi connectivity index (χ3n) is 6.13. The summed E-state index contributed by atoms with van der Waals surface area (Å²) in [5.74, 6) is 0.793. The van der Waals surface area contributed by atoms with E-state index in [0.29, 0.717) is 22.3 Å². The van der Waals surface area contributed by atoms with Gasteiger partial charge in [-0.15, -0.1) is 11.3 Å². The molecule has 31 heavy (non-hydrogen) atoms. The minimum Gasteiger partial charge on any atom is -0.374 e. The molecular formula is C23H32N6OS. The zero-order chi connectivity index (χ0) is 21.8. The average Bonchev–Trinajstić information content (AvgIpc) is 3.20. The highest BCUT2D eigenvalue weighted by molar-refractivity contribution is 7.18. The van der Waals surface area contributed by atoms with Gasteiger partial charge in [0.15, 0.2) is 0 Å². The first-order valence-corrected chi connectivity index (χ1v) is 12.0. The average molecular weight is 441 g/mol. The van der Waals surface area contributed by atoms with E-state index >= 15 is 0 Å². The first kappa shape index (κ1) is 21.8. The summed E-state index contributed by atoms with van der Waals surface area (Å²) in [6.07, 6.45) is 7.82. The molecule has 2 fully saturated rings. The number of nitrogens with one attached hydrogen (secondary N) is 3. The number of anilines is 3. The summed E-state index contributed by atoms with van der Waals surface area (Å²) in [4.78, 5) is 22.6. The number of carbonyl (C=O) groups is 1. The van der Waals surface area contributed by atoms with E-state index in [4.69, 9.17) is 5.41 Å². The molecule has 0 aromatic carbocycles. The van der Waals surface area contributed by atoms with E-state index in [0.717, 1.165) is 55.4 Å². The first-order valence-electron chi connectivity index (χ1n) is 11.2. The van der Waals surface area contributed by atoms with Crippen LogP contribution in [-0.2, 0) is 0 Å². The fourth-order valence-corrected chi connectivity index (χ4v) is 5.28. The van der Waals surface area contributed by atoms with Crippen LogP contribution in [0.2, 0.25) is 0 Å². The van der Waals surface area contributed by atoms with Crippen LogP contribution in [-0.4, -0.2) is 60.8 Å². The van der Waals surface area contributed by atoms with Crippen LogP contribution in [0.3, 0.4) is 0 Å². The Kier molecular flexibility index (Phi) is 6.87. The Labute approximate surface area is 188 Å². The van der Waals surface area contributed by atoms with Gasteiger partial charge in [0.1, 0.15) is 5.82 Å². The number of hydrogen-bond donors (Lipinski definition) is 3. The van der Waals surface area contributed by atoms with Crippen LogP contribution >= 0.6 is 11.3 Å². The van der Waals surface area contributed by atoms with Crippen LogP contribution in [0.1, 0.15) is 54.3 Å². The monoisotopic (exact) mass is 440 g/mol. The maximum Gasteiger partial charge on any atom is 0.265 e. The van der Waals surface area contributed by atoms with Gasteiger partial charge in [-0.3, -0.25) is 4.79 Å². The van der Waals surface area contributed by atoms with Crippen molar-refractivity contribution in [2.75, 3.05) is 48.8 Å². The minimum absolute atomic E-state index is 0.154. The van der Waals surface area contributed by atoms with Gasteiger partial charge in [-0.05, 0) is 45.0 Å². The van der Waals surface area contributed by atoms with Crippen molar-refractivity contribution in [3.8, 4) is 0 Å². The van der Waals surface area contributed by atoms with Gasteiger partial charge in [0.25, 0.3) is 5.91 Å². The maximum atomic E-state index is 12.9. The highest BCUT2D eigenvalue weighted by Crippen LogP contribution is 2.32. The molecule has 0 radical (unpaired) electrons. The van der Waals surface area contributed by atoms with Gasteiger partial charge >= 0.3 is 0 Å². The van der Waals surface area contributed by atoms with E-state index in [1.54, 1.807) is 13.1 Å². The lowest BCUT2D eigenvalue weighted by atomic mass is 9.95. The van der Waals surface area contributed by atoms with Gasteiger partial charge in [-0.25, -0.2) is 4.98 Å². The Morgan fingerprint density at radius 2 is 1.90 bits per heavy atom. The predicted octanol–water partition coefficient (Wildman–Crippen LogP) is 4.28. The fraction of sp³-hybridized carbons (Fsp3) is 0.522. The van der Waals surface area contributed by atoms with Crippen molar-refractivity contribution >= 4 is 39.5 Å². The summed E-state index contributed by atoms with van der Waals surface area (Å²) in [5, 5.41) is 15.6. The van der Waals surface area contributed by atoms with Gasteiger partial charge in [-0.1, -0.05) is 19.3 Å². The Morgan fingerprint density at radius 3 is 2.55 bits per heavy atom. The molecule has 2 aromatic heterocycles. The second kappa shape index (κ2) is 9.78. The molecule has 2 aromatic rings. The third-order valence-corrected chi connectivity index (χ3v) is 7.20. The van der Waals surface area contributed by atoms with Crippen LogP contribution in [0.4, 0.5) is 16.5 Å². The van der Waals surface area contributed by atoms with E-state index in [2.05, 4.69) is 32.5 Å². The minimum atomic E-state index is -0.154.